The number of rotatable bonds is 3. The zero-order chi connectivity index (χ0) is 11.6. The Morgan fingerprint density at radius 3 is 2.56 bits per heavy atom. The van der Waals surface area contributed by atoms with Gasteiger partial charge in [-0.25, -0.2) is 4.79 Å². The second-order valence-corrected chi connectivity index (χ2v) is 4.17. The van der Waals surface area contributed by atoms with E-state index in [4.69, 9.17) is 4.74 Å². The molecule has 1 heterocycles. The van der Waals surface area contributed by atoms with Gasteiger partial charge in [0.25, 0.3) is 0 Å². The van der Waals surface area contributed by atoms with E-state index in [2.05, 4.69) is 0 Å². The molecule has 1 unspecified atom stereocenters. The fraction of sp³-hybridized carbons (Fsp3) is 0.308. The molecule has 84 valence electrons. The van der Waals surface area contributed by atoms with Gasteiger partial charge in [-0.15, -0.1) is 0 Å². The fourth-order valence-corrected chi connectivity index (χ4v) is 1.77. The maximum absolute atomic E-state index is 11.0. The van der Waals surface area contributed by atoms with Gasteiger partial charge < -0.3 is 9.84 Å². The number of hydrogen-bond donors (Lipinski definition) is 1. The molecule has 0 aliphatic carbocycles. The van der Waals surface area contributed by atoms with E-state index in [0.29, 0.717) is 6.42 Å². The molecule has 0 radical (unpaired) electrons. The molecule has 3 heteroatoms. The zero-order valence-electron chi connectivity index (χ0n) is 9.14. The summed E-state index contributed by atoms with van der Waals surface area (Å²) in [4.78, 5) is 11.0. The summed E-state index contributed by atoms with van der Waals surface area (Å²) in [6.45, 7) is 1.73. The zero-order valence-corrected chi connectivity index (χ0v) is 9.14. The summed E-state index contributed by atoms with van der Waals surface area (Å²) in [7, 11) is 0. The minimum absolute atomic E-state index is 0.0217. The van der Waals surface area contributed by atoms with Crippen molar-refractivity contribution in [2.45, 2.75) is 25.4 Å². The number of carbonyl (C=O) groups is 1. The number of aliphatic hydroxyl groups excluding tert-OH is 1. The van der Waals surface area contributed by atoms with Gasteiger partial charge in [0.05, 0.1) is 6.08 Å². The molecule has 1 atom stereocenters. The average Bonchev–Trinajstić information content (AvgIpc) is 2.52. The van der Waals surface area contributed by atoms with E-state index >= 15 is 0 Å². The van der Waals surface area contributed by atoms with Gasteiger partial charge in [0.2, 0.25) is 0 Å². The number of hydrogen-bond acceptors (Lipinski definition) is 3. The number of cyclic esters (lactones) is 1. The Balaban J connectivity index is 2.01. The Morgan fingerprint density at radius 1 is 1.31 bits per heavy atom. The highest BCUT2D eigenvalue weighted by atomic mass is 16.6. The lowest BCUT2D eigenvalue weighted by Crippen LogP contribution is -2.28. The molecule has 3 nitrogen and oxygen atoms in total. The second-order valence-electron chi connectivity index (χ2n) is 4.17. The largest absolute Gasteiger partial charge is 0.508 e. The van der Waals surface area contributed by atoms with Gasteiger partial charge in [0.1, 0.15) is 5.76 Å². The van der Waals surface area contributed by atoms with Crippen LogP contribution in [0.5, 0.6) is 0 Å². The molecule has 0 saturated carbocycles. The molecular weight excluding hydrogens is 204 g/mol. The first-order valence-electron chi connectivity index (χ1n) is 5.28. The first-order valence-corrected chi connectivity index (χ1v) is 5.28. The van der Waals surface area contributed by atoms with Crippen molar-refractivity contribution in [1.29, 1.82) is 0 Å². The molecule has 16 heavy (non-hydrogen) atoms. The highest BCUT2D eigenvalue weighted by Gasteiger charge is 2.38. The number of carbonyl (C=O) groups excluding carboxylic acids is 1. The van der Waals surface area contributed by atoms with Gasteiger partial charge in [-0.3, -0.25) is 0 Å². The van der Waals surface area contributed by atoms with E-state index in [9.17, 15) is 9.90 Å². The quantitative estimate of drug-likeness (QED) is 0.792. The molecule has 0 bridgehead atoms. The Morgan fingerprint density at radius 2 is 2.00 bits per heavy atom. The fourth-order valence-electron chi connectivity index (χ4n) is 1.77. The van der Waals surface area contributed by atoms with Crippen LogP contribution in [0.2, 0.25) is 0 Å². The lowest BCUT2D eigenvalue weighted by Gasteiger charge is -2.23. The molecule has 0 fully saturated rings. The highest BCUT2D eigenvalue weighted by molar-refractivity contribution is 5.86. The molecule has 1 aromatic carbocycles. The molecule has 1 N–H and O–H groups in total. The van der Waals surface area contributed by atoms with Gasteiger partial charge in [0, 0.05) is 0 Å². The summed E-state index contributed by atoms with van der Waals surface area (Å²) in [5.74, 6) is -0.443. The number of benzene rings is 1. The van der Waals surface area contributed by atoms with Gasteiger partial charge in [0.15, 0.2) is 5.60 Å². The van der Waals surface area contributed by atoms with E-state index < -0.39 is 11.6 Å². The third-order valence-corrected chi connectivity index (χ3v) is 2.86. The van der Waals surface area contributed by atoms with Crippen LogP contribution in [0.3, 0.4) is 0 Å². The lowest BCUT2D eigenvalue weighted by molar-refractivity contribution is -0.146. The molecule has 1 aliphatic rings. The lowest BCUT2D eigenvalue weighted by atomic mass is 9.95. The van der Waals surface area contributed by atoms with E-state index in [1.54, 1.807) is 6.92 Å². The van der Waals surface area contributed by atoms with E-state index in [0.717, 1.165) is 12.5 Å². The Hall–Kier alpha value is -1.77. The maximum Gasteiger partial charge on any atom is 0.335 e. The Kier molecular flexibility index (Phi) is 2.69. The van der Waals surface area contributed by atoms with Crippen LogP contribution >= 0.6 is 0 Å². The molecule has 0 spiro atoms. The summed E-state index contributed by atoms with van der Waals surface area (Å²) >= 11 is 0. The topological polar surface area (TPSA) is 46.5 Å². The molecule has 0 amide bonds. The number of ether oxygens (including phenoxy) is 1. The van der Waals surface area contributed by atoms with Gasteiger partial charge in [-0.05, 0) is 25.3 Å². The van der Waals surface area contributed by atoms with Crippen LogP contribution in [0.15, 0.2) is 42.2 Å². The SMILES string of the molecule is CC1(CCc2ccccc2)OC(=O)C=C1O. The third kappa shape index (κ3) is 2.08. The Bertz CT molecular complexity index is 422. The monoisotopic (exact) mass is 218 g/mol. The third-order valence-electron chi connectivity index (χ3n) is 2.86. The second kappa shape index (κ2) is 4.00. The van der Waals surface area contributed by atoms with Crippen molar-refractivity contribution in [3.8, 4) is 0 Å². The molecule has 0 saturated heterocycles. The maximum atomic E-state index is 11.0. The summed E-state index contributed by atoms with van der Waals surface area (Å²) < 4.78 is 5.10. The predicted molar refractivity (Wildman–Crippen MR) is 60.0 cm³/mol. The van der Waals surface area contributed by atoms with Crippen LogP contribution in [-0.2, 0) is 16.0 Å². The van der Waals surface area contributed by atoms with Crippen LogP contribution in [0.25, 0.3) is 0 Å². The molecule has 0 aromatic heterocycles. The van der Waals surface area contributed by atoms with Crippen LogP contribution in [0, 0.1) is 0 Å². The van der Waals surface area contributed by atoms with Crippen LogP contribution in [0.1, 0.15) is 18.9 Å². The van der Waals surface area contributed by atoms with Crippen LogP contribution in [-0.4, -0.2) is 16.7 Å². The minimum atomic E-state index is -0.854. The van der Waals surface area contributed by atoms with Crippen molar-refractivity contribution in [1.82, 2.24) is 0 Å². The van der Waals surface area contributed by atoms with Crippen LogP contribution in [0.4, 0.5) is 0 Å². The van der Waals surface area contributed by atoms with Crippen molar-refractivity contribution in [3.05, 3.63) is 47.7 Å². The van der Waals surface area contributed by atoms with E-state index in [-0.39, 0.29) is 5.76 Å². The Labute approximate surface area is 94.4 Å². The van der Waals surface area contributed by atoms with Crippen molar-refractivity contribution >= 4 is 5.97 Å². The molecule has 2 rings (SSSR count). The van der Waals surface area contributed by atoms with Crippen molar-refractivity contribution in [2.24, 2.45) is 0 Å². The average molecular weight is 218 g/mol. The normalized spacial score (nSPS) is 24.1. The molecular formula is C13H14O3. The summed E-state index contributed by atoms with van der Waals surface area (Å²) in [6.07, 6.45) is 2.50. The first kappa shape index (κ1) is 10.7. The van der Waals surface area contributed by atoms with Crippen molar-refractivity contribution < 1.29 is 14.6 Å². The number of aryl methyl sites for hydroxylation is 1. The van der Waals surface area contributed by atoms with Crippen molar-refractivity contribution in [3.63, 3.8) is 0 Å². The van der Waals surface area contributed by atoms with E-state index in [1.807, 2.05) is 30.3 Å². The number of aliphatic hydroxyl groups is 1. The van der Waals surface area contributed by atoms with Gasteiger partial charge >= 0.3 is 5.97 Å². The van der Waals surface area contributed by atoms with Crippen molar-refractivity contribution in [2.75, 3.05) is 0 Å². The van der Waals surface area contributed by atoms with Crippen LogP contribution < -0.4 is 0 Å². The standard InChI is InChI=1S/C13H14O3/c1-13(11(14)9-12(15)16-13)8-7-10-5-3-2-4-6-10/h2-6,9,14H,7-8H2,1H3. The highest BCUT2D eigenvalue weighted by Crippen LogP contribution is 2.30. The predicted octanol–water partition coefficient (Wildman–Crippen LogP) is 2.38. The van der Waals surface area contributed by atoms with Gasteiger partial charge in [-0.2, -0.15) is 0 Å². The van der Waals surface area contributed by atoms with Gasteiger partial charge in [-0.1, -0.05) is 30.3 Å². The summed E-state index contributed by atoms with van der Waals surface area (Å²) in [6, 6.07) is 9.92. The number of esters is 1. The summed E-state index contributed by atoms with van der Waals surface area (Å²) in [5.41, 5.74) is 0.312. The smallest absolute Gasteiger partial charge is 0.335 e. The van der Waals surface area contributed by atoms with E-state index in [1.165, 1.54) is 5.56 Å². The molecule has 1 aliphatic heterocycles. The summed E-state index contributed by atoms with van der Waals surface area (Å²) in [5, 5.41) is 9.61. The minimum Gasteiger partial charge on any atom is -0.508 e. The first-order chi connectivity index (χ1) is 7.60. The molecule has 1 aromatic rings.